The van der Waals surface area contributed by atoms with E-state index in [0.29, 0.717) is 6.04 Å². The van der Waals surface area contributed by atoms with Gasteiger partial charge in [0.15, 0.2) is 0 Å². The van der Waals surface area contributed by atoms with Crippen molar-refractivity contribution in [1.29, 1.82) is 0 Å². The van der Waals surface area contributed by atoms with Gasteiger partial charge in [-0.15, -0.1) is 0 Å². The molecule has 1 N–H and O–H groups in total. The quantitative estimate of drug-likeness (QED) is 0.866. The molecule has 2 aliphatic rings. The number of hydrogen-bond acceptors (Lipinski definition) is 3. The van der Waals surface area contributed by atoms with Crippen LogP contribution in [-0.4, -0.2) is 32.3 Å². The van der Waals surface area contributed by atoms with E-state index in [1.807, 2.05) is 0 Å². The largest absolute Gasteiger partial charge is 0.491 e. The Morgan fingerprint density at radius 3 is 3.11 bits per heavy atom. The van der Waals surface area contributed by atoms with Gasteiger partial charge in [0.25, 0.3) is 0 Å². The van der Waals surface area contributed by atoms with E-state index in [0.717, 1.165) is 44.3 Å². The van der Waals surface area contributed by atoms with Gasteiger partial charge in [0.2, 0.25) is 0 Å². The van der Waals surface area contributed by atoms with Crippen LogP contribution < -0.4 is 15.0 Å². The summed E-state index contributed by atoms with van der Waals surface area (Å²) in [5.74, 6) is 1.81. The Morgan fingerprint density at radius 1 is 1.33 bits per heavy atom. The summed E-state index contributed by atoms with van der Waals surface area (Å²) in [5, 5.41) is 3.54. The second-order valence-electron chi connectivity index (χ2n) is 5.26. The third-order valence-electron chi connectivity index (χ3n) is 4.20. The van der Waals surface area contributed by atoms with Crippen molar-refractivity contribution in [2.24, 2.45) is 5.92 Å². The SMILES string of the molecule is CCC1CNCC1N1CCCOc2ccccc21. The summed E-state index contributed by atoms with van der Waals surface area (Å²) in [7, 11) is 0. The molecule has 3 heteroatoms. The van der Waals surface area contributed by atoms with E-state index in [9.17, 15) is 0 Å². The third-order valence-corrected chi connectivity index (χ3v) is 4.20. The van der Waals surface area contributed by atoms with Crippen LogP contribution in [0.5, 0.6) is 5.75 Å². The molecule has 2 unspecified atom stereocenters. The highest BCUT2D eigenvalue weighted by atomic mass is 16.5. The van der Waals surface area contributed by atoms with Crippen molar-refractivity contribution >= 4 is 5.69 Å². The van der Waals surface area contributed by atoms with Crippen LogP contribution in [0.25, 0.3) is 0 Å². The molecule has 0 amide bonds. The zero-order valence-electron chi connectivity index (χ0n) is 11.1. The fourth-order valence-electron chi connectivity index (χ4n) is 3.20. The standard InChI is InChI=1S/C15H22N2O/c1-2-12-10-16-11-14(12)17-8-5-9-18-15-7-4-3-6-13(15)17/h3-4,6-7,12,14,16H,2,5,8-11H2,1H3. The average Bonchev–Trinajstić information content (AvgIpc) is 2.78. The molecule has 98 valence electrons. The molecule has 0 bridgehead atoms. The molecule has 0 aliphatic carbocycles. The zero-order valence-corrected chi connectivity index (χ0v) is 11.1. The molecule has 0 spiro atoms. The van der Waals surface area contributed by atoms with Crippen LogP contribution in [0.4, 0.5) is 5.69 Å². The second kappa shape index (κ2) is 5.19. The lowest BCUT2D eigenvalue weighted by Crippen LogP contribution is -2.41. The minimum absolute atomic E-state index is 0.623. The predicted octanol–water partition coefficient (Wildman–Crippen LogP) is 2.27. The zero-order chi connectivity index (χ0) is 12.4. The van der Waals surface area contributed by atoms with Gasteiger partial charge in [0, 0.05) is 25.7 Å². The number of rotatable bonds is 2. The van der Waals surface area contributed by atoms with E-state index in [1.54, 1.807) is 0 Å². The smallest absolute Gasteiger partial charge is 0.142 e. The first-order valence-corrected chi connectivity index (χ1v) is 7.09. The molecular weight excluding hydrogens is 224 g/mol. The molecule has 1 aromatic carbocycles. The Labute approximate surface area is 109 Å². The number of hydrogen-bond donors (Lipinski definition) is 1. The highest BCUT2D eigenvalue weighted by molar-refractivity contribution is 5.60. The summed E-state index contributed by atoms with van der Waals surface area (Å²) in [5.41, 5.74) is 1.28. The summed E-state index contributed by atoms with van der Waals surface area (Å²) in [6, 6.07) is 9.09. The van der Waals surface area contributed by atoms with Crippen LogP contribution >= 0.6 is 0 Å². The molecule has 3 nitrogen and oxygen atoms in total. The van der Waals surface area contributed by atoms with Crippen molar-refractivity contribution in [2.75, 3.05) is 31.1 Å². The van der Waals surface area contributed by atoms with Crippen molar-refractivity contribution in [3.63, 3.8) is 0 Å². The van der Waals surface area contributed by atoms with E-state index in [-0.39, 0.29) is 0 Å². The Morgan fingerprint density at radius 2 is 2.22 bits per heavy atom. The van der Waals surface area contributed by atoms with Crippen molar-refractivity contribution in [3.05, 3.63) is 24.3 Å². The number of nitrogens with zero attached hydrogens (tertiary/aromatic N) is 1. The van der Waals surface area contributed by atoms with Crippen molar-refractivity contribution in [1.82, 2.24) is 5.32 Å². The minimum atomic E-state index is 0.623. The summed E-state index contributed by atoms with van der Waals surface area (Å²) >= 11 is 0. The number of anilines is 1. The van der Waals surface area contributed by atoms with Gasteiger partial charge in [-0.3, -0.25) is 0 Å². The van der Waals surface area contributed by atoms with Crippen LogP contribution in [0, 0.1) is 5.92 Å². The Hall–Kier alpha value is -1.22. The van der Waals surface area contributed by atoms with Gasteiger partial charge >= 0.3 is 0 Å². The number of ether oxygens (including phenoxy) is 1. The molecule has 1 aromatic rings. The number of benzene rings is 1. The molecule has 2 atom stereocenters. The predicted molar refractivity (Wildman–Crippen MR) is 74.3 cm³/mol. The Kier molecular flexibility index (Phi) is 3.41. The highest BCUT2D eigenvalue weighted by Gasteiger charge is 2.32. The Balaban J connectivity index is 1.91. The van der Waals surface area contributed by atoms with Crippen molar-refractivity contribution in [2.45, 2.75) is 25.8 Å². The molecule has 0 aromatic heterocycles. The van der Waals surface area contributed by atoms with Crippen LogP contribution in [0.1, 0.15) is 19.8 Å². The van der Waals surface area contributed by atoms with Crippen LogP contribution in [0.2, 0.25) is 0 Å². The van der Waals surface area contributed by atoms with E-state index in [2.05, 4.69) is 41.4 Å². The van der Waals surface area contributed by atoms with Gasteiger partial charge in [0.1, 0.15) is 5.75 Å². The van der Waals surface area contributed by atoms with Gasteiger partial charge in [-0.2, -0.15) is 0 Å². The lowest BCUT2D eigenvalue weighted by Gasteiger charge is -2.33. The summed E-state index contributed by atoms with van der Waals surface area (Å²) in [6.45, 7) is 6.50. The van der Waals surface area contributed by atoms with Crippen LogP contribution in [-0.2, 0) is 0 Å². The first-order valence-electron chi connectivity index (χ1n) is 7.09. The van der Waals surface area contributed by atoms with Crippen molar-refractivity contribution in [3.8, 4) is 5.75 Å². The van der Waals surface area contributed by atoms with E-state index in [1.165, 1.54) is 12.1 Å². The minimum Gasteiger partial charge on any atom is -0.491 e. The maximum Gasteiger partial charge on any atom is 0.142 e. The third kappa shape index (κ3) is 2.07. The van der Waals surface area contributed by atoms with Crippen molar-refractivity contribution < 1.29 is 4.74 Å². The van der Waals surface area contributed by atoms with E-state index in [4.69, 9.17) is 4.74 Å². The maximum absolute atomic E-state index is 5.85. The average molecular weight is 246 g/mol. The monoisotopic (exact) mass is 246 g/mol. The fourth-order valence-corrected chi connectivity index (χ4v) is 3.20. The molecule has 0 radical (unpaired) electrons. The molecular formula is C15H22N2O. The van der Waals surface area contributed by atoms with E-state index >= 15 is 0 Å². The fraction of sp³-hybridized carbons (Fsp3) is 0.600. The summed E-state index contributed by atoms with van der Waals surface area (Å²) in [4.78, 5) is 2.57. The normalized spacial score (nSPS) is 27.5. The van der Waals surface area contributed by atoms with Gasteiger partial charge in [0.05, 0.1) is 12.3 Å². The van der Waals surface area contributed by atoms with Crippen LogP contribution in [0.3, 0.4) is 0 Å². The van der Waals surface area contributed by atoms with Gasteiger partial charge in [-0.1, -0.05) is 25.5 Å². The van der Waals surface area contributed by atoms with E-state index < -0.39 is 0 Å². The number of fused-ring (bicyclic) bond motifs is 1. The topological polar surface area (TPSA) is 24.5 Å². The molecule has 0 saturated carbocycles. The summed E-state index contributed by atoms with van der Waals surface area (Å²) < 4.78 is 5.85. The number of para-hydroxylation sites is 2. The highest BCUT2D eigenvalue weighted by Crippen LogP contribution is 2.34. The Bertz CT molecular complexity index is 407. The molecule has 2 heterocycles. The van der Waals surface area contributed by atoms with Gasteiger partial charge in [-0.25, -0.2) is 0 Å². The lowest BCUT2D eigenvalue weighted by molar-refractivity contribution is 0.321. The maximum atomic E-state index is 5.85. The van der Waals surface area contributed by atoms with Crippen LogP contribution in [0.15, 0.2) is 24.3 Å². The van der Waals surface area contributed by atoms with Gasteiger partial charge < -0.3 is 15.0 Å². The first-order chi connectivity index (χ1) is 8.90. The molecule has 3 rings (SSSR count). The second-order valence-corrected chi connectivity index (χ2v) is 5.26. The molecule has 1 fully saturated rings. The molecule has 18 heavy (non-hydrogen) atoms. The molecule has 2 aliphatic heterocycles. The number of nitrogens with one attached hydrogen (secondary N) is 1. The van der Waals surface area contributed by atoms with Gasteiger partial charge in [-0.05, 0) is 24.5 Å². The lowest BCUT2D eigenvalue weighted by atomic mass is 9.98. The summed E-state index contributed by atoms with van der Waals surface area (Å²) in [6.07, 6.45) is 2.36. The first kappa shape index (κ1) is 11.8. The molecule has 1 saturated heterocycles.